The summed E-state index contributed by atoms with van der Waals surface area (Å²) in [4.78, 5) is 31.9. The van der Waals surface area contributed by atoms with Gasteiger partial charge in [-0.15, -0.1) is 0 Å². The Morgan fingerprint density at radius 1 is 1.09 bits per heavy atom. The number of likely N-dealkylation sites (tertiary alicyclic amines) is 1. The molecule has 1 atom stereocenters. The van der Waals surface area contributed by atoms with E-state index >= 15 is 4.39 Å². The van der Waals surface area contributed by atoms with Crippen molar-refractivity contribution in [3.8, 4) is 22.5 Å². The van der Waals surface area contributed by atoms with Crippen LogP contribution in [0.5, 0.6) is 0 Å². The van der Waals surface area contributed by atoms with Crippen molar-refractivity contribution in [2.75, 3.05) is 13.1 Å². The third kappa shape index (κ3) is 4.22. The molecular weight excluding hydrogens is 441 g/mol. The fraction of sp³-hybridized carbons (Fsp3) is 0.345. The van der Waals surface area contributed by atoms with Crippen LogP contribution in [0.4, 0.5) is 4.39 Å². The van der Waals surface area contributed by atoms with Crippen molar-refractivity contribution in [2.45, 2.75) is 39.2 Å². The molecule has 3 aliphatic rings. The van der Waals surface area contributed by atoms with Crippen LogP contribution in [-0.4, -0.2) is 33.4 Å². The van der Waals surface area contributed by atoms with E-state index in [2.05, 4.69) is 29.3 Å². The van der Waals surface area contributed by atoms with Crippen LogP contribution in [0.3, 0.4) is 0 Å². The molecule has 0 N–H and O–H groups in total. The van der Waals surface area contributed by atoms with Crippen molar-refractivity contribution in [3.05, 3.63) is 81.5 Å². The molecule has 1 amide bonds. The highest BCUT2D eigenvalue weighted by Gasteiger charge is 2.36. The number of carbonyl (C=O) groups is 1. The smallest absolute Gasteiger partial charge is 0.253 e. The van der Waals surface area contributed by atoms with Crippen molar-refractivity contribution in [3.63, 3.8) is 0 Å². The second-order valence-electron chi connectivity index (χ2n) is 10.1. The topological polar surface area (TPSA) is 55.2 Å². The molecule has 6 heteroatoms. The van der Waals surface area contributed by atoms with E-state index in [1.165, 1.54) is 23.3 Å². The molecule has 0 radical (unpaired) electrons. The lowest BCUT2D eigenvalue weighted by Gasteiger charge is -2.19. The maximum absolute atomic E-state index is 15.5. The summed E-state index contributed by atoms with van der Waals surface area (Å²) in [6.07, 6.45) is 7.95. The van der Waals surface area contributed by atoms with Gasteiger partial charge >= 0.3 is 0 Å². The van der Waals surface area contributed by atoms with E-state index in [1.54, 1.807) is 17.6 Å². The van der Waals surface area contributed by atoms with Crippen molar-refractivity contribution >= 4 is 12.0 Å². The van der Waals surface area contributed by atoms with Crippen molar-refractivity contribution in [1.29, 1.82) is 0 Å². The van der Waals surface area contributed by atoms with Gasteiger partial charge in [0.15, 0.2) is 0 Å². The lowest BCUT2D eigenvalue weighted by atomic mass is 9.99. The number of aryl methyl sites for hydroxylation is 1. The van der Waals surface area contributed by atoms with E-state index in [0.29, 0.717) is 30.2 Å². The van der Waals surface area contributed by atoms with Crippen molar-refractivity contribution in [1.82, 2.24) is 14.5 Å². The van der Waals surface area contributed by atoms with E-state index in [4.69, 9.17) is 0 Å². The number of carbonyl (C=O) groups excluding carboxylic acids is 1. The molecule has 2 aliphatic carbocycles. The number of amides is 1. The number of nitrogens with zero attached hydrogens (tertiary/aromatic N) is 3. The quantitative estimate of drug-likeness (QED) is 0.537. The van der Waals surface area contributed by atoms with Crippen molar-refractivity contribution < 1.29 is 9.18 Å². The standard InChI is InChI=1S/C29H28FN3O2/c1-18-13-27(34)33(17-19-11-12-32(16-19)29(35)21-6-7-21)28(31-18)25-10-9-24(15-26(25)30)23-8-5-20-3-2-4-22(20)14-23/h2-3,5,8-10,13-15,19,21H,4,6-7,11-12,16-17H2,1H3/t19-/m1/s1. The number of allylic oxidation sites excluding steroid dienone is 1. The van der Waals surface area contributed by atoms with Gasteiger partial charge in [0.25, 0.3) is 5.56 Å². The summed E-state index contributed by atoms with van der Waals surface area (Å²) in [7, 11) is 0. The second kappa shape index (κ2) is 8.59. The van der Waals surface area contributed by atoms with Gasteiger partial charge in [0.2, 0.25) is 5.91 Å². The molecule has 1 saturated carbocycles. The zero-order valence-corrected chi connectivity index (χ0v) is 19.8. The maximum Gasteiger partial charge on any atom is 0.253 e. The lowest BCUT2D eigenvalue weighted by Crippen LogP contribution is -2.32. The largest absolute Gasteiger partial charge is 0.342 e. The minimum atomic E-state index is -0.399. The van der Waals surface area contributed by atoms with Crippen LogP contribution in [0.1, 0.15) is 36.1 Å². The molecule has 0 spiro atoms. The fourth-order valence-electron chi connectivity index (χ4n) is 5.34. The van der Waals surface area contributed by atoms with Crippen LogP contribution in [0.2, 0.25) is 0 Å². The molecular formula is C29H28FN3O2. The Labute approximate surface area is 203 Å². The Morgan fingerprint density at radius 3 is 2.69 bits per heavy atom. The summed E-state index contributed by atoms with van der Waals surface area (Å²) >= 11 is 0. The Hall–Kier alpha value is -3.54. The first-order chi connectivity index (χ1) is 17.0. The summed E-state index contributed by atoms with van der Waals surface area (Å²) in [5.74, 6) is 0.545. The predicted octanol–water partition coefficient (Wildman–Crippen LogP) is 4.85. The number of halogens is 1. The van der Waals surface area contributed by atoms with Gasteiger partial charge in [0.1, 0.15) is 11.6 Å². The van der Waals surface area contributed by atoms with Crippen molar-refractivity contribution in [2.24, 2.45) is 11.8 Å². The Balaban J connectivity index is 1.30. The summed E-state index contributed by atoms with van der Waals surface area (Å²) < 4.78 is 17.1. The normalized spacial score (nSPS) is 18.8. The highest BCUT2D eigenvalue weighted by molar-refractivity contribution is 5.81. The molecule has 2 fully saturated rings. The first-order valence-corrected chi connectivity index (χ1v) is 12.4. The molecule has 2 heterocycles. The predicted molar refractivity (Wildman–Crippen MR) is 134 cm³/mol. The second-order valence-corrected chi connectivity index (χ2v) is 10.1. The minimum absolute atomic E-state index is 0.154. The van der Waals surface area contributed by atoms with Gasteiger partial charge in [0.05, 0.1) is 5.56 Å². The van der Waals surface area contributed by atoms with Gasteiger partial charge in [-0.1, -0.05) is 36.4 Å². The van der Waals surface area contributed by atoms with Gasteiger partial charge in [-0.2, -0.15) is 0 Å². The maximum atomic E-state index is 15.5. The number of benzene rings is 2. The Kier molecular flexibility index (Phi) is 5.39. The number of hydrogen-bond acceptors (Lipinski definition) is 3. The van der Waals surface area contributed by atoms with Crippen LogP contribution in [0.15, 0.2) is 53.3 Å². The molecule has 1 aliphatic heterocycles. The summed E-state index contributed by atoms with van der Waals surface area (Å²) in [5.41, 5.74) is 4.92. The minimum Gasteiger partial charge on any atom is -0.342 e. The highest BCUT2D eigenvalue weighted by Crippen LogP contribution is 2.34. The molecule has 0 unspecified atom stereocenters. The van der Waals surface area contributed by atoms with Gasteiger partial charge in [-0.3, -0.25) is 14.2 Å². The van der Waals surface area contributed by atoms with E-state index in [1.807, 2.05) is 17.0 Å². The van der Waals surface area contributed by atoms with Gasteiger partial charge in [0, 0.05) is 37.3 Å². The van der Waals surface area contributed by atoms with E-state index in [9.17, 15) is 9.59 Å². The zero-order valence-electron chi connectivity index (χ0n) is 19.8. The number of hydrogen-bond donors (Lipinski definition) is 0. The zero-order chi connectivity index (χ0) is 24.1. The van der Waals surface area contributed by atoms with E-state index in [0.717, 1.165) is 43.4 Å². The average molecular weight is 470 g/mol. The Morgan fingerprint density at radius 2 is 1.89 bits per heavy atom. The molecule has 1 saturated heterocycles. The third-order valence-corrected chi connectivity index (χ3v) is 7.42. The first-order valence-electron chi connectivity index (χ1n) is 12.4. The van der Waals surface area contributed by atoms with Gasteiger partial charge in [-0.05, 0) is 72.9 Å². The molecule has 6 rings (SSSR count). The number of rotatable bonds is 5. The summed E-state index contributed by atoms with van der Waals surface area (Å²) in [6.45, 7) is 3.55. The number of aromatic nitrogens is 2. The molecule has 178 valence electrons. The van der Waals surface area contributed by atoms with Crippen LogP contribution in [0.25, 0.3) is 28.6 Å². The van der Waals surface area contributed by atoms with Gasteiger partial charge in [-0.25, -0.2) is 9.37 Å². The lowest BCUT2D eigenvalue weighted by molar-refractivity contribution is -0.131. The Bertz CT molecular complexity index is 1420. The van der Waals surface area contributed by atoms with E-state index in [-0.39, 0.29) is 23.3 Å². The van der Waals surface area contributed by atoms with Crippen LogP contribution >= 0.6 is 0 Å². The molecule has 5 nitrogen and oxygen atoms in total. The van der Waals surface area contributed by atoms with E-state index < -0.39 is 5.82 Å². The van der Waals surface area contributed by atoms with Gasteiger partial charge < -0.3 is 4.90 Å². The van der Waals surface area contributed by atoms with Crippen LogP contribution < -0.4 is 5.56 Å². The summed E-state index contributed by atoms with van der Waals surface area (Å²) in [5, 5.41) is 0. The number of fused-ring (bicyclic) bond motifs is 1. The molecule has 35 heavy (non-hydrogen) atoms. The highest BCUT2D eigenvalue weighted by atomic mass is 19.1. The SMILES string of the molecule is Cc1cc(=O)n(C[C@@H]2CCN(C(=O)C3CC3)C2)c(-c2ccc(-c3ccc4c(c3)CC=C4)cc2F)n1. The summed E-state index contributed by atoms with van der Waals surface area (Å²) in [6, 6.07) is 12.8. The monoisotopic (exact) mass is 469 g/mol. The molecule has 2 aromatic carbocycles. The van der Waals surface area contributed by atoms with Crippen LogP contribution in [-0.2, 0) is 17.8 Å². The molecule has 1 aromatic heterocycles. The fourth-order valence-corrected chi connectivity index (χ4v) is 5.34. The average Bonchev–Trinajstić information content (AvgIpc) is 3.40. The first kappa shape index (κ1) is 22.0. The molecule has 3 aromatic rings. The van der Waals surface area contributed by atoms with Crippen LogP contribution in [0, 0.1) is 24.6 Å². The third-order valence-electron chi connectivity index (χ3n) is 7.42. The molecule has 0 bridgehead atoms.